The Bertz CT molecular complexity index is 913. The summed E-state index contributed by atoms with van der Waals surface area (Å²) in [6, 6.07) is 15.4. The van der Waals surface area contributed by atoms with Crippen LogP contribution in [0.4, 0.5) is 11.4 Å². The topological polar surface area (TPSA) is 76.4 Å². The number of hydrogen-bond donors (Lipinski definition) is 1. The normalized spacial score (nSPS) is 15.5. The molecule has 0 aliphatic carbocycles. The molecule has 1 aliphatic heterocycles. The van der Waals surface area contributed by atoms with Gasteiger partial charge in [-0.3, -0.25) is 4.72 Å². The van der Waals surface area contributed by atoms with Gasteiger partial charge in [0.15, 0.2) is 0 Å². The van der Waals surface area contributed by atoms with Gasteiger partial charge in [-0.05, 0) is 36.9 Å². The Morgan fingerprint density at radius 1 is 1.08 bits per heavy atom. The van der Waals surface area contributed by atoms with Gasteiger partial charge in [0.1, 0.15) is 0 Å². The second-order valence-electron chi connectivity index (χ2n) is 6.18. The lowest BCUT2D eigenvalue weighted by Crippen LogP contribution is -2.46. The second kappa shape index (κ2) is 7.77. The second-order valence-corrected chi connectivity index (χ2v) is 7.87. The van der Waals surface area contributed by atoms with Crippen LogP contribution in [0.25, 0.3) is 0 Å². The third-order valence-electron chi connectivity index (χ3n) is 4.58. The molecule has 2 aromatic carbocycles. The molecule has 136 valence electrons. The highest BCUT2D eigenvalue weighted by atomic mass is 32.2. The van der Waals surface area contributed by atoms with Crippen molar-refractivity contribution >= 4 is 21.4 Å². The molecule has 1 fully saturated rings. The standard InChI is InChI=1S/C19H22N4O2S/c1-2-22-10-12-23(13-11-22)19-9-4-3-8-18(19)21-26(24,25)17-7-5-6-16(14-17)15-20/h3-9,14,21H,2,10-13H2,1H3. The van der Waals surface area contributed by atoms with Crippen LogP contribution in [-0.4, -0.2) is 46.0 Å². The van der Waals surface area contributed by atoms with Gasteiger partial charge in [-0.15, -0.1) is 0 Å². The number of para-hydroxylation sites is 2. The van der Waals surface area contributed by atoms with Crippen LogP contribution in [0, 0.1) is 11.3 Å². The van der Waals surface area contributed by atoms with Gasteiger partial charge in [0.25, 0.3) is 10.0 Å². The van der Waals surface area contributed by atoms with E-state index in [0.717, 1.165) is 38.4 Å². The minimum absolute atomic E-state index is 0.0853. The predicted octanol–water partition coefficient (Wildman–Crippen LogP) is 2.50. The molecule has 0 amide bonds. The molecule has 0 unspecified atom stereocenters. The summed E-state index contributed by atoms with van der Waals surface area (Å²) in [4.78, 5) is 4.66. The van der Waals surface area contributed by atoms with Crippen LogP contribution < -0.4 is 9.62 Å². The first kappa shape index (κ1) is 18.2. The molecule has 7 heteroatoms. The van der Waals surface area contributed by atoms with Crippen molar-refractivity contribution in [2.75, 3.05) is 42.3 Å². The van der Waals surface area contributed by atoms with Gasteiger partial charge >= 0.3 is 0 Å². The molecule has 3 rings (SSSR count). The van der Waals surface area contributed by atoms with Gasteiger partial charge in [0, 0.05) is 26.2 Å². The minimum Gasteiger partial charge on any atom is -0.367 e. The number of hydrogen-bond acceptors (Lipinski definition) is 5. The number of piperazine rings is 1. The Hall–Kier alpha value is -2.56. The molecule has 1 heterocycles. The number of benzene rings is 2. The largest absolute Gasteiger partial charge is 0.367 e. The molecule has 1 saturated heterocycles. The summed E-state index contributed by atoms with van der Waals surface area (Å²) < 4.78 is 28.2. The van der Waals surface area contributed by atoms with Crippen molar-refractivity contribution in [2.24, 2.45) is 0 Å². The van der Waals surface area contributed by atoms with Crippen molar-refractivity contribution in [2.45, 2.75) is 11.8 Å². The maximum atomic E-state index is 12.8. The van der Waals surface area contributed by atoms with Crippen molar-refractivity contribution in [1.82, 2.24) is 4.90 Å². The summed E-state index contributed by atoms with van der Waals surface area (Å²) in [5.74, 6) is 0. The van der Waals surface area contributed by atoms with Gasteiger partial charge < -0.3 is 9.80 Å². The van der Waals surface area contributed by atoms with Crippen LogP contribution in [0.3, 0.4) is 0 Å². The molecule has 0 bridgehead atoms. The van der Waals surface area contributed by atoms with Crippen molar-refractivity contribution in [3.05, 3.63) is 54.1 Å². The van der Waals surface area contributed by atoms with Gasteiger partial charge in [-0.1, -0.05) is 25.1 Å². The van der Waals surface area contributed by atoms with Crippen LogP contribution in [0.5, 0.6) is 0 Å². The van der Waals surface area contributed by atoms with E-state index >= 15 is 0 Å². The average Bonchev–Trinajstić information content (AvgIpc) is 2.68. The molecule has 0 spiro atoms. The Kier molecular flexibility index (Phi) is 5.45. The fraction of sp³-hybridized carbons (Fsp3) is 0.316. The molecule has 26 heavy (non-hydrogen) atoms. The molecule has 1 N–H and O–H groups in total. The lowest BCUT2D eigenvalue weighted by Gasteiger charge is -2.36. The maximum Gasteiger partial charge on any atom is 0.262 e. The van der Waals surface area contributed by atoms with E-state index in [1.54, 1.807) is 18.2 Å². The zero-order valence-corrected chi connectivity index (χ0v) is 15.5. The van der Waals surface area contributed by atoms with Gasteiger partial charge in [-0.2, -0.15) is 5.26 Å². The van der Waals surface area contributed by atoms with Gasteiger partial charge in [-0.25, -0.2) is 8.42 Å². The van der Waals surface area contributed by atoms with E-state index in [1.165, 1.54) is 12.1 Å². The molecule has 1 aliphatic rings. The fourth-order valence-electron chi connectivity index (χ4n) is 3.08. The smallest absolute Gasteiger partial charge is 0.262 e. The van der Waals surface area contributed by atoms with E-state index in [2.05, 4.69) is 21.4 Å². The number of sulfonamides is 1. The molecule has 0 aromatic heterocycles. The van der Waals surface area contributed by atoms with Crippen molar-refractivity contribution in [3.63, 3.8) is 0 Å². The minimum atomic E-state index is -3.76. The Labute approximate surface area is 154 Å². The summed E-state index contributed by atoms with van der Waals surface area (Å²) in [5.41, 5.74) is 1.75. The molecule has 2 aromatic rings. The lowest BCUT2D eigenvalue weighted by atomic mass is 10.2. The van der Waals surface area contributed by atoms with Gasteiger partial charge in [0.05, 0.1) is 27.9 Å². The number of nitrogens with zero attached hydrogens (tertiary/aromatic N) is 3. The lowest BCUT2D eigenvalue weighted by molar-refractivity contribution is 0.271. The van der Waals surface area contributed by atoms with Crippen molar-refractivity contribution in [3.8, 4) is 6.07 Å². The fourth-order valence-corrected chi connectivity index (χ4v) is 4.20. The Balaban J connectivity index is 1.85. The molecule has 0 atom stereocenters. The number of rotatable bonds is 5. The first-order chi connectivity index (χ1) is 12.5. The monoisotopic (exact) mass is 370 g/mol. The molecular weight excluding hydrogens is 348 g/mol. The SMILES string of the molecule is CCN1CCN(c2ccccc2NS(=O)(=O)c2cccc(C#N)c2)CC1. The summed E-state index contributed by atoms with van der Waals surface area (Å²) >= 11 is 0. The Morgan fingerprint density at radius 2 is 1.81 bits per heavy atom. The van der Waals surface area contributed by atoms with Crippen molar-refractivity contribution in [1.29, 1.82) is 5.26 Å². The highest BCUT2D eigenvalue weighted by Crippen LogP contribution is 2.29. The zero-order valence-electron chi connectivity index (χ0n) is 14.7. The summed E-state index contributed by atoms with van der Waals surface area (Å²) in [7, 11) is -3.76. The number of nitriles is 1. The summed E-state index contributed by atoms with van der Waals surface area (Å²) in [6.07, 6.45) is 0. The predicted molar refractivity (Wildman–Crippen MR) is 103 cm³/mol. The quantitative estimate of drug-likeness (QED) is 0.875. The summed E-state index contributed by atoms with van der Waals surface area (Å²) in [5, 5.41) is 9.00. The molecule has 0 radical (unpaired) electrons. The zero-order chi connectivity index (χ0) is 18.6. The Morgan fingerprint density at radius 3 is 2.50 bits per heavy atom. The molecular formula is C19H22N4O2S. The van der Waals surface area contributed by atoms with E-state index < -0.39 is 10.0 Å². The number of anilines is 2. The summed E-state index contributed by atoms with van der Waals surface area (Å²) in [6.45, 7) is 6.81. The third kappa shape index (κ3) is 3.98. The van der Waals surface area contributed by atoms with Crippen LogP contribution in [-0.2, 0) is 10.0 Å². The van der Waals surface area contributed by atoms with Crippen LogP contribution in [0.15, 0.2) is 53.4 Å². The van der Waals surface area contributed by atoms with E-state index in [4.69, 9.17) is 5.26 Å². The highest BCUT2D eigenvalue weighted by molar-refractivity contribution is 7.92. The van der Waals surface area contributed by atoms with E-state index in [1.807, 2.05) is 24.3 Å². The van der Waals surface area contributed by atoms with Crippen LogP contribution in [0.2, 0.25) is 0 Å². The molecule has 6 nitrogen and oxygen atoms in total. The first-order valence-electron chi connectivity index (χ1n) is 8.63. The number of likely N-dealkylation sites (N-methyl/N-ethyl adjacent to an activating group) is 1. The van der Waals surface area contributed by atoms with E-state index in [0.29, 0.717) is 11.3 Å². The highest BCUT2D eigenvalue weighted by Gasteiger charge is 2.21. The average molecular weight is 370 g/mol. The third-order valence-corrected chi connectivity index (χ3v) is 5.95. The first-order valence-corrected chi connectivity index (χ1v) is 10.1. The van der Waals surface area contributed by atoms with E-state index in [-0.39, 0.29) is 4.90 Å². The maximum absolute atomic E-state index is 12.8. The van der Waals surface area contributed by atoms with Crippen LogP contribution in [0.1, 0.15) is 12.5 Å². The van der Waals surface area contributed by atoms with Gasteiger partial charge in [0.2, 0.25) is 0 Å². The van der Waals surface area contributed by atoms with E-state index in [9.17, 15) is 8.42 Å². The molecule has 0 saturated carbocycles. The van der Waals surface area contributed by atoms with Crippen LogP contribution >= 0.6 is 0 Å². The van der Waals surface area contributed by atoms with Crippen molar-refractivity contribution < 1.29 is 8.42 Å². The number of nitrogens with one attached hydrogen (secondary N) is 1.